The predicted molar refractivity (Wildman–Crippen MR) is 76.5 cm³/mol. The van der Waals surface area contributed by atoms with Gasteiger partial charge in [-0.05, 0) is 25.7 Å². The minimum absolute atomic E-state index is 0.259. The van der Waals surface area contributed by atoms with Gasteiger partial charge in [0.05, 0.1) is 6.04 Å². The van der Waals surface area contributed by atoms with Gasteiger partial charge in [0.1, 0.15) is 6.04 Å². The van der Waals surface area contributed by atoms with Crippen LogP contribution in [0.1, 0.15) is 43.5 Å². The van der Waals surface area contributed by atoms with Crippen LogP contribution in [0.4, 0.5) is 4.79 Å². The van der Waals surface area contributed by atoms with Crippen LogP contribution in [0, 0.1) is 0 Å². The van der Waals surface area contributed by atoms with Crippen molar-refractivity contribution >= 4 is 16.4 Å². The number of amides is 2. The predicted octanol–water partition coefficient (Wildman–Crippen LogP) is -0.221. The summed E-state index contributed by atoms with van der Waals surface area (Å²) in [6, 6.07) is -1.55. The number of nitrogens with zero attached hydrogens (tertiary/aromatic N) is 4. The van der Waals surface area contributed by atoms with Gasteiger partial charge >= 0.3 is 16.4 Å². The van der Waals surface area contributed by atoms with Crippen LogP contribution < -0.4 is 5.73 Å². The summed E-state index contributed by atoms with van der Waals surface area (Å²) in [6.45, 7) is 0.261. The van der Waals surface area contributed by atoms with Crippen LogP contribution in [-0.4, -0.2) is 57.3 Å². The Morgan fingerprint density at radius 2 is 2.12 bits per heavy atom. The summed E-state index contributed by atoms with van der Waals surface area (Å²) < 4.78 is 40.6. The molecular weight excluding hydrogens is 342 g/mol. The number of nitrogens with two attached hydrogens (primary N) is 1. The summed E-state index contributed by atoms with van der Waals surface area (Å²) in [5.41, 5.74) is 5.77. The molecule has 132 valence electrons. The molecule has 2 bridgehead atoms. The molecule has 3 heterocycles. The average Bonchev–Trinajstić information content (AvgIpc) is 2.97. The van der Waals surface area contributed by atoms with Crippen LogP contribution in [0.3, 0.4) is 0 Å². The summed E-state index contributed by atoms with van der Waals surface area (Å²) in [5.74, 6) is 0.736. The number of aromatic nitrogens is 2. The average molecular weight is 359 g/mol. The monoisotopic (exact) mass is 359 g/mol. The normalized spacial score (nSPS) is 28.5. The summed E-state index contributed by atoms with van der Waals surface area (Å²) >= 11 is 0. The Labute approximate surface area is 137 Å². The molecule has 1 aromatic rings. The number of hydrogen-bond donors (Lipinski definition) is 2. The Morgan fingerprint density at radius 3 is 2.79 bits per heavy atom. The van der Waals surface area contributed by atoms with Crippen molar-refractivity contribution in [2.45, 2.75) is 49.7 Å². The summed E-state index contributed by atoms with van der Waals surface area (Å²) in [4.78, 5) is 13.7. The molecule has 1 aromatic heterocycles. The third-order valence-corrected chi connectivity index (χ3v) is 5.01. The van der Waals surface area contributed by atoms with Crippen LogP contribution >= 0.6 is 0 Å². The molecule has 3 aliphatic rings. The van der Waals surface area contributed by atoms with E-state index in [1.165, 1.54) is 4.90 Å². The lowest BCUT2D eigenvalue weighted by molar-refractivity contribution is -0.0317. The molecule has 1 saturated carbocycles. The maximum absolute atomic E-state index is 12.3. The van der Waals surface area contributed by atoms with E-state index in [2.05, 4.69) is 14.5 Å². The van der Waals surface area contributed by atoms with E-state index in [1.807, 2.05) is 0 Å². The Kier molecular flexibility index (Phi) is 3.36. The van der Waals surface area contributed by atoms with E-state index in [0.717, 1.165) is 12.8 Å². The van der Waals surface area contributed by atoms with Crippen LogP contribution in [0.25, 0.3) is 0 Å². The smallest absolute Gasteiger partial charge is 0.418 e. The van der Waals surface area contributed by atoms with E-state index in [-0.39, 0.29) is 12.1 Å². The Morgan fingerprint density at radius 1 is 1.38 bits per heavy atom. The molecule has 0 unspecified atom stereocenters. The Balaban J connectivity index is 1.51. The zero-order chi connectivity index (χ0) is 17.1. The summed E-state index contributed by atoms with van der Waals surface area (Å²) in [6.07, 6.45) is 3.35. The first-order chi connectivity index (χ1) is 11.2. The van der Waals surface area contributed by atoms with Crippen molar-refractivity contribution in [3.05, 3.63) is 11.8 Å². The quantitative estimate of drug-likeness (QED) is 0.679. The van der Waals surface area contributed by atoms with Gasteiger partial charge in [0.15, 0.2) is 0 Å². The van der Waals surface area contributed by atoms with Crippen LogP contribution in [0.5, 0.6) is 0 Å². The maximum Gasteiger partial charge on any atom is 0.418 e. The lowest BCUT2D eigenvalue weighted by Gasteiger charge is -2.27. The first-order valence-electron chi connectivity index (χ1n) is 7.62. The molecule has 0 spiro atoms. The molecular formula is C12H17N5O6S. The highest BCUT2D eigenvalue weighted by Crippen LogP contribution is 2.39. The molecule has 0 aromatic carbocycles. The largest absolute Gasteiger partial charge is 0.423 e. The van der Waals surface area contributed by atoms with Gasteiger partial charge < -0.3 is 15.1 Å². The molecule has 2 saturated heterocycles. The van der Waals surface area contributed by atoms with Gasteiger partial charge in [-0.2, -0.15) is 13.5 Å². The van der Waals surface area contributed by atoms with Crippen molar-refractivity contribution < 1.29 is 26.5 Å². The molecule has 3 fully saturated rings. The number of fused-ring (bicyclic) bond motifs is 2. The summed E-state index contributed by atoms with van der Waals surface area (Å²) in [7, 11) is -4.76. The number of urea groups is 1. The van der Waals surface area contributed by atoms with Gasteiger partial charge in [0.25, 0.3) is 0 Å². The molecule has 12 heteroatoms. The number of carbonyl (C=O) groups is 1. The van der Waals surface area contributed by atoms with Crippen molar-refractivity contribution in [3.63, 3.8) is 0 Å². The Hall–Kier alpha value is -1.76. The fourth-order valence-corrected chi connectivity index (χ4v) is 3.59. The Bertz CT molecular complexity index is 775. The molecule has 24 heavy (non-hydrogen) atoms. The van der Waals surface area contributed by atoms with Crippen molar-refractivity contribution in [1.29, 1.82) is 0 Å². The number of rotatable bonds is 5. The van der Waals surface area contributed by atoms with Gasteiger partial charge in [0.2, 0.25) is 11.8 Å². The topological polar surface area (TPSA) is 152 Å². The highest BCUT2D eigenvalue weighted by molar-refractivity contribution is 7.80. The van der Waals surface area contributed by atoms with Gasteiger partial charge in [-0.1, -0.05) is 0 Å². The highest BCUT2D eigenvalue weighted by atomic mass is 32.3. The molecule has 3 N–H and O–H groups in total. The van der Waals surface area contributed by atoms with E-state index in [0.29, 0.717) is 36.1 Å². The lowest BCUT2D eigenvalue weighted by atomic mass is 10.0. The zero-order valence-corrected chi connectivity index (χ0v) is 13.5. The summed E-state index contributed by atoms with van der Waals surface area (Å²) in [5, 5.41) is 8.68. The third kappa shape index (κ3) is 2.85. The van der Waals surface area contributed by atoms with E-state index >= 15 is 0 Å². The van der Waals surface area contributed by atoms with E-state index in [9.17, 15) is 13.2 Å². The van der Waals surface area contributed by atoms with Gasteiger partial charge in [-0.3, -0.25) is 4.55 Å². The van der Waals surface area contributed by atoms with Crippen molar-refractivity contribution in [2.75, 3.05) is 6.54 Å². The van der Waals surface area contributed by atoms with Gasteiger partial charge in [0, 0.05) is 18.5 Å². The highest BCUT2D eigenvalue weighted by Gasteiger charge is 2.49. The first-order valence-corrected chi connectivity index (χ1v) is 8.99. The SMILES string of the molecule is NC1(Cc2nnc([C@@H]3CC[C@@H]4CN3C(=O)N4OS(=O)(=O)O)o2)CC1. The second kappa shape index (κ2) is 5.12. The second-order valence-corrected chi connectivity index (χ2v) is 7.59. The number of hydroxylamine groups is 2. The molecule has 11 nitrogen and oxygen atoms in total. The second-order valence-electron chi connectivity index (χ2n) is 6.58. The first kappa shape index (κ1) is 15.7. The van der Waals surface area contributed by atoms with Crippen molar-refractivity contribution in [1.82, 2.24) is 20.2 Å². The number of piperidine rings is 1. The molecule has 4 rings (SSSR count). The fraction of sp³-hybridized carbons (Fsp3) is 0.750. The number of hydrogen-bond acceptors (Lipinski definition) is 8. The van der Waals surface area contributed by atoms with Crippen LogP contribution in [0.2, 0.25) is 0 Å². The molecule has 2 amide bonds. The molecule has 2 aliphatic heterocycles. The minimum atomic E-state index is -4.76. The maximum atomic E-state index is 12.3. The molecule has 2 atom stereocenters. The third-order valence-electron chi connectivity index (χ3n) is 4.66. The van der Waals surface area contributed by atoms with Crippen molar-refractivity contribution in [2.24, 2.45) is 5.73 Å². The van der Waals surface area contributed by atoms with Crippen LogP contribution in [-0.2, 0) is 21.1 Å². The fourth-order valence-electron chi connectivity index (χ4n) is 3.20. The van der Waals surface area contributed by atoms with E-state index in [1.54, 1.807) is 0 Å². The van der Waals surface area contributed by atoms with E-state index < -0.39 is 28.5 Å². The van der Waals surface area contributed by atoms with Gasteiger partial charge in [-0.15, -0.1) is 14.5 Å². The van der Waals surface area contributed by atoms with E-state index in [4.69, 9.17) is 14.7 Å². The lowest BCUT2D eigenvalue weighted by Crippen LogP contribution is -2.35. The number of carbonyl (C=O) groups excluding carboxylic acids is 1. The molecule has 0 radical (unpaired) electrons. The minimum Gasteiger partial charge on any atom is -0.423 e. The zero-order valence-electron chi connectivity index (χ0n) is 12.7. The van der Waals surface area contributed by atoms with Crippen molar-refractivity contribution in [3.8, 4) is 0 Å². The molecule has 1 aliphatic carbocycles. The van der Waals surface area contributed by atoms with Crippen LogP contribution in [0.15, 0.2) is 4.42 Å². The van der Waals surface area contributed by atoms with Gasteiger partial charge in [-0.25, -0.2) is 4.79 Å². The standard InChI is InChI=1S/C12H17N5O6S/c13-12(3-4-12)5-9-14-15-10(22-9)8-2-1-7-6-16(8)11(18)17(7)23-24(19,20)21/h7-8H,1-6,13H2,(H,19,20,21)/t7-,8+/m1/s1.